The first-order chi connectivity index (χ1) is 8.15. The van der Waals surface area contributed by atoms with Crippen LogP contribution in [-0.2, 0) is 6.42 Å². The summed E-state index contributed by atoms with van der Waals surface area (Å²) in [6.07, 6.45) is 6.59. The lowest BCUT2D eigenvalue weighted by molar-refractivity contribution is 0.353. The number of nitrogens with zero attached hydrogens (tertiary/aromatic N) is 3. The molecule has 0 aliphatic heterocycles. The Balaban J connectivity index is 1.84. The number of halogens is 1. The topological polar surface area (TPSA) is 51.8 Å². The highest BCUT2D eigenvalue weighted by Crippen LogP contribution is 2.47. The fraction of sp³-hybridized carbons (Fsp3) is 0.417. The van der Waals surface area contributed by atoms with Crippen LogP contribution in [0.25, 0.3) is 11.4 Å². The Hall–Kier alpha value is -1.42. The second kappa shape index (κ2) is 3.81. The van der Waals surface area contributed by atoms with E-state index >= 15 is 0 Å². The van der Waals surface area contributed by atoms with Crippen LogP contribution in [-0.4, -0.2) is 15.1 Å². The SMILES string of the molecule is CC1(Cc2nc(-c3cncc(Cl)c3)no2)CC1. The molecule has 2 heterocycles. The van der Waals surface area contributed by atoms with Crippen molar-refractivity contribution in [3.8, 4) is 11.4 Å². The zero-order valence-electron chi connectivity index (χ0n) is 9.48. The van der Waals surface area contributed by atoms with Gasteiger partial charge in [-0.15, -0.1) is 0 Å². The summed E-state index contributed by atoms with van der Waals surface area (Å²) in [5.41, 5.74) is 1.16. The summed E-state index contributed by atoms with van der Waals surface area (Å²) in [5, 5.41) is 4.53. The second-order valence-electron chi connectivity index (χ2n) is 4.89. The lowest BCUT2D eigenvalue weighted by Gasteiger charge is -2.00. The molecule has 2 aromatic heterocycles. The molecule has 0 radical (unpaired) electrons. The molecule has 1 fully saturated rings. The third-order valence-electron chi connectivity index (χ3n) is 3.11. The van der Waals surface area contributed by atoms with Crippen molar-refractivity contribution < 1.29 is 4.52 Å². The minimum absolute atomic E-state index is 0.371. The highest BCUT2D eigenvalue weighted by Gasteiger charge is 2.39. The number of hydrogen-bond donors (Lipinski definition) is 0. The van der Waals surface area contributed by atoms with Gasteiger partial charge >= 0.3 is 0 Å². The first kappa shape index (κ1) is 10.7. The molecule has 0 aromatic carbocycles. The second-order valence-corrected chi connectivity index (χ2v) is 5.33. The van der Waals surface area contributed by atoms with E-state index in [4.69, 9.17) is 16.1 Å². The van der Waals surface area contributed by atoms with Gasteiger partial charge in [-0.25, -0.2) is 0 Å². The first-order valence-corrected chi connectivity index (χ1v) is 5.96. The lowest BCUT2D eigenvalue weighted by atomic mass is 10.1. The normalized spacial score (nSPS) is 17.1. The maximum absolute atomic E-state index is 5.87. The van der Waals surface area contributed by atoms with Crippen LogP contribution in [0.5, 0.6) is 0 Å². The molecule has 88 valence electrons. The zero-order valence-corrected chi connectivity index (χ0v) is 10.2. The average Bonchev–Trinajstić information content (AvgIpc) is 2.85. The quantitative estimate of drug-likeness (QED) is 0.839. The van der Waals surface area contributed by atoms with E-state index in [-0.39, 0.29) is 0 Å². The molecule has 0 amide bonds. The fourth-order valence-corrected chi connectivity index (χ4v) is 1.91. The van der Waals surface area contributed by atoms with E-state index in [9.17, 15) is 0 Å². The molecule has 17 heavy (non-hydrogen) atoms. The van der Waals surface area contributed by atoms with Crippen molar-refractivity contribution in [2.24, 2.45) is 5.41 Å². The van der Waals surface area contributed by atoms with Crippen LogP contribution < -0.4 is 0 Å². The summed E-state index contributed by atoms with van der Waals surface area (Å²) >= 11 is 5.87. The summed E-state index contributed by atoms with van der Waals surface area (Å²) in [4.78, 5) is 8.37. The average molecular weight is 250 g/mol. The standard InChI is InChI=1S/C12H12ClN3O/c1-12(2-3-12)5-10-15-11(16-17-10)8-4-9(13)7-14-6-8/h4,6-7H,2-3,5H2,1H3. The molecule has 4 nitrogen and oxygen atoms in total. The Morgan fingerprint density at radius 1 is 1.41 bits per heavy atom. The Labute approximate surface area is 104 Å². The molecule has 1 saturated carbocycles. The summed E-state index contributed by atoms with van der Waals surface area (Å²) in [5.74, 6) is 1.25. The maximum atomic E-state index is 5.87. The van der Waals surface area contributed by atoms with Gasteiger partial charge in [-0.1, -0.05) is 23.7 Å². The van der Waals surface area contributed by atoms with Gasteiger partial charge in [0.15, 0.2) is 0 Å². The van der Waals surface area contributed by atoms with Crippen molar-refractivity contribution in [3.63, 3.8) is 0 Å². The zero-order chi connectivity index (χ0) is 11.9. The van der Waals surface area contributed by atoms with E-state index in [0.717, 1.165) is 12.0 Å². The summed E-state index contributed by atoms with van der Waals surface area (Å²) < 4.78 is 5.24. The van der Waals surface area contributed by atoms with Crippen LogP contribution >= 0.6 is 11.6 Å². The van der Waals surface area contributed by atoms with Crippen molar-refractivity contribution in [2.45, 2.75) is 26.2 Å². The lowest BCUT2D eigenvalue weighted by Crippen LogP contribution is -1.98. The Morgan fingerprint density at radius 3 is 2.94 bits per heavy atom. The minimum Gasteiger partial charge on any atom is -0.339 e. The first-order valence-electron chi connectivity index (χ1n) is 5.58. The van der Waals surface area contributed by atoms with Crippen LogP contribution in [0.4, 0.5) is 0 Å². The molecule has 2 aromatic rings. The van der Waals surface area contributed by atoms with Crippen molar-refractivity contribution in [1.82, 2.24) is 15.1 Å². The van der Waals surface area contributed by atoms with Gasteiger partial charge in [0.25, 0.3) is 0 Å². The Bertz CT molecular complexity index is 548. The monoisotopic (exact) mass is 249 g/mol. The summed E-state index contributed by atoms with van der Waals surface area (Å²) in [6.45, 7) is 2.23. The van der Waals surface area contributed by atoms with Gasteiger partial charge in [-0.2, -0.15) is 4.98 Å². The molecule has 3 rings (SSSR count). The number of aromatic nitrogens is 3. The molecule has 0 saturated heterocycles. The van der Waals surface area contributed by atoms with Crippen LogP contribution in [0.2, 0.25) is 5.02 Å². The van der Waals surface area contributed by atoms with E-state index in [2.05, 4.69) is 22.0 Å². The molecule has 0 bridgehead atoms. The highest BCUT2D eigenvalue weighted by atomic mass is 35.5. The molecule has 0 unspecified atom stereocenters. The number of rotatable bonds is 3. The van der Waals surface area contributed by atoms with E-state index in [1.807, 2.05) is 0 Å². The van der Waals surface area contributed by atoms with Gasteiger partial charge in [-0.05, 0) is 24.3 Å². The third kappa shape index (κ3) is 2.31. The van der Waals surface area contributed by atoms with Crippen molar-refractivity contribution in [2.75, 3.05) is 0 Å². The van der Waals surface area contributed by atoms with Crippen LogP contribution in [0.15, 0.2) is 23.0 Å². The van der Waals surface area contributed by atoms with Gasteiger partial charge in [0.1, 0.15) is 0 Å². The summed E-state index contributed by atoms with van der Waals surface area (Å²) in [7, 11) is 0. The minimum atomic E-state index is 0.371. The molecule has 0 spiro atoms. The number of pyridine rings is 1. The smallest absolute Gasteiger partial charge is 0.227 e. The van der Waals surface area contributed by atoms with E-state index in [1.54, 1.807) is 18.5 Å². The predicted molar refractivity (Wildman–Crippen MR) is 63.6 cm³/mol. The maximum Gasteiger partial charge on any atom is 0.227 e. The molecule has 0 N–H and O–H groups in total. The highest BCUT2D eigenvalue weighted by molar-refractivity contribution is 6.30. The van der Waals surface area contributed by atoms with Gasteiger partial charge < -0.3 is 4.52 Å². The van der Waals surface area contributed by atoms with Gasteiger partial charge in [0, 0.05) is 24.4 Å². The molecule has 5 heteroatoms. The van der Waals surface area contributed by atoms with Crippen LogP contribution in [0.3, 0.4) is 0 Å². The largest absolute Gasteiger partial charge is 0.339 e. The van der Waals surface area contributed by atoms with E-state index < -0.39 is 0 Å². The molecular formula is C12H12ClN3O. The molecule has 1 aliphatic rings. The number of hydrogen-bond acceptors (Lipinski definition) is 4. The molecule has 0 atom stereocenters. The van der Waals surface area contributed by atoms with Crippen LogP contribution in [0.1, 0.15) is 25.7 Å². The predicted octanol–water partition coefficient (Wildman–Crippen LogP) is 3.13. The summed E-state index contributed by atoms with van der Waals surface area (Å²) in [6, 6.07) is 1.78. The van der Waals surface area contributed by atoms with Crippen molar-refractivity contribution in [3.05, 3.63) is 29.4 Å². The van der Waals surface area contributed by atoms with Crippen molar-refractivity contribution >= 4 is 11.6 Å². The molecule has 1 aliphatic carbocycles. The van der Waals surface area contributed by atoms with E-state index in [1.165, 1.54) is 12.8 Å². The van der Waals surface area contributed by atoms with E-state index in [0.29, 0.717) is 22.2 Å². The van der Waals surface area contributed by atoms with Gasteiger partial charge in [-0.3, -0.25) is 4.98 Å². The Morgan fingerprint density at radius 2 is 2.24 bits per heavy atom. The Kier molecular flexibility index (Phi) is 2.40. The third-order valence-corrected chi connectivity index (χ3v) is 3.32. The molecular weight excluding hydrogens is 238 g/mol. The van der Waals surface area contributed by atoms with Crippen LogP contribution in [0, 0.1) is 5.41 Å². The van der Waals surface area contributed by atoms with Gasteiger partial charge in [0.2, 0.25) is 11.7 Å². The fourth-order valence-electron chi connectivity index (χ4n) is 1.73. The van der Waals surface area contributed by atoms with Crippen molar-refractivity contribution in [1.29, 1.82) is 0 Å². The van der Waals surface area contributed by atoms with Gasteiger partial charge in [0.05, 0.1) is 5.02 Å².